The van der Waals surface area contributed by atoms with Crippen molar-refractivity contribution in [3.05, 3.63) is 58.9 Å². The van der Waals surface area contributed by atoms with Crippen LogP contribution < -0.4 is 11.2 Å². The topological polar surface area (TPSA) is 85.8 Å². The van der Waals surface area contributed by atoms with E-state index in [2.05, 4.69) is 15.5 Å². The second-order valence-electron chi connectivity index (χ2n) is 5.48. The van der Waals surface area contributed by atoms with Gasteiger partial charge in [-0.05, 0) is 48.9 Å². The molecule has 0 aliphatic carbocycles. The molecule has 3 rings (SSSR count). The van der Waals surface area contributed by atoms with Gasteiger partial charge in [-0.25, -0.2) is 9.07 Å². The summed E-state index contributed by atoms with van der Waals surface area (Å²) in [5, 5.41) is 11.7. The maximum absolute atomic E-state index is 13.0. The van der Waals surface area contributed by atoms with Crippen LogP contribution in [0.4, 0.5) is 10.1 Å². The van der Waals surface area contributed by atoms with Crippen LogP contribution in [0.2, 0.25) is 5.02 Å². The average molecular weight is 392 g/mol. The molecule has 1 aromatic heterocycles. The summed E-state index contributed by atoms with van der Waals surface area (Å²) >= 11 is 7.19. The Bertz CT molecular complexity index is 945. The van der Waals surface area contributed by atoms with Crippen molar-refractivity contribution in [1.82, 2.24) is 14.9 Å². The van der Waals surface area contributed by atoms with E-state index in [0.29, 0.717) is 27.3 Å². The highest BCUT2D eigenvalue weighted by atomic mass is 35.5. The van der Waals surface area contributed by atoms with Crippen molar-refractivity contribution in [2.24, 2.45) is 0 Å². The number of carbonyl (C=O) groups excluding carboxylic acids is 1. The van der Waals surface area contributed by atoms with Crippen LogP contribution in [0.1, 0.15) is 5.56 Å². The number of hydrogen-bond donors (Lipinski definition) is 2. The zero-order valence-corrected chi connectivity index (χ0v) is 15.3. The van der Waals surface area contributed by atoms with Crippen LogP contribution in [0.3, 0.4) is 0 Å². The number of aromatic nitrogens is 3. The van der Waals surface area contributed by atoms with E-state index < -0.39 is 0 Å². The van der Waals surface area contributed by atoms with E-state index in [4.69, 9.17) is 17.4 Å². The van der Waals surface area contributed by atoms with Crippen molar-refractivity contribution in [3.63, 3.8) is 0 Å². The van der Waals surface area contributed by atoms with Crippen molar-refractivity contribution in [2.45, 2.75) is 12.1 Å². The molecule has 0 spiro atoms. The highest BCUT2D eigenvalue weighted by Crippen LogP contribution is 2.23. The Hall–Kier alpha value is -2.58. The molecule has 6 nitrogen and oxygen atoms in total. The molecule has 1 heterocycles. The summed E-state index contributed by atoms with van der Waals surface area (Å²) < 4.78 is 14.3. The zero-order chi connectivity index (χ0) is 18.7. The van der Waals surface area contributed by atoms with Gasteiger partial charge in [0.1, 0.15) is 5.82 Å². The number of amides is 1. The number of nitrogens with two attached hydrogens (primary N) is 1. The van der Waals surface area contributed by atoms with Gasteiger partial charge in [-0.1, -0.05) is 29.4 Å². The van der Waals surface area contributed by atoms with Crippen molar-refractivity contribution in [3.8, 4) is 11.4 Å². The molecular formula is C17H15ClFN5OS. The molecule has 0 saturated carbocycles. The summed E-state index contributed by atoms with van der Waals surface area (Å²) in [6.07, 6.45) is 0. The van der Waals surface area contributed by atoms with Crippen molar-refractivity contribution >= 4 is 35.0 Å². The quantitative estimate of drug-likeness (QED) is 0.513. The van der Waals surface area contributed by atoms with Crippen LogP contribution >= 0.6 is 23.4 Å². The van der Waals surface area contributed by atoms with Gasteiger partial charge in [-0.3, -0.25) is 4.79 Å². The van der Waals surface area contributed by atoms with Crippen LogP contribution in [-0.2, 0) is 4.79 Å². The average Bonchev–Trinajstić information content (AvgIpc) is 2.98. The van der Waals surface area contributed by atoms with Gasteiger partial charge in [0.15, 0.2) is 5.82 Å². The Morgan fingerprint density at radius 2 is 2.00 bits per heavy atom. The molecule has 1 amide bonds. The molecule has 3 N–H and O–H groups in total. The molecule has 0 atom stereocenters. The summed E-state index contributed by atoms with van der Waals surface area (Å²) in [6.45, 7) is 1.89. The molecule has 0 aliphatic heterocycles. The van der Waals surface area contributed by atoms with Crippen LogP contribution in [-0.4, -0.2) is 26.5 Å². The van der Waals surface area contributed by atoms with E-state index in [1.807, 2.05) is 13.0 Å². The third-order valence-corrected chi connectivity index (χ3v) is 4.91. The predicted molar refractivity (Wildman–Crippen MR) is 101 cm³/mol. The van der Waals surface area contributed by atoms with E-state index in [9.17, 15) is 9.18 Å². The van der Waals surface area contributed by atoms with Gasteiger partial charge in [-0.2, -0.15) is 0 Å². The number of anilines is 1. The third kappa shape index (κ3) is 4.14. The van der Waals surface area contributed by atoms with Gasteiger partial charge >= 0.3 is 0 Å². The fourth-order valence-electron chi connectivity index (χ4n) is 2.17. The number of nitrogen functional groups attached to an aromatic ring is 1. The number of nitrogens with one attached hydrogen (secondary N) is 1. The molecule has 0 bridgehead atoms. The number of hydrogen-bond acceptors (Lipinski definition) is 5. The number of nitrogens with zero attached hydrogens (tertiary/aromatic N) is 3. The lowest BCUT2D eigenvalue weighted by molar-refractivity contribution is -0.113. The molecule has 26 heavy (non-hydrogen) atoms. The minimum Gasteiger partial charge on any atom is -0.335 e. The van der Waals surface area contributed by atoms with E-state index in [1.165, 1.54) is 16.8 Å². The van der Waals surface area contributed by atoms with E-state index in [1.54, 1.807) is 24.3 Å². The van der Waals surface area contributed by atoms with Gasteiger partial charge in [0.2, 0.25) is 11.1 Å². The fourth-order valence-corrected chi connectivity index (χ4v) is 3.01. The van der Waals surface area contributed by atoms with Crippen LogP contribution in [0.25, 0.3) is 11.4 Å². The lowest BCUT2D eigenvalue weighted by Crippen LogP contribution is -2.16. The number of benzene rings is 2. The molecular weight excluding hydrogens is 377 g/mol. The summed E-state index contributed by atoms with van der Waals surface area (Å²) in [5.41, 5.74) is 2.18. The Morgan fingerprint density at radius 3 is 2.69 bits per heavy atom. The highest BCUT2D eigenvalue weighted by Gasteiger charge is 2.14. The minimum absolute atomic E-state index is 0.101. The first-order valence-electron chi connectivity index (χ1n) is 7.59. The number of rotatable bonds is 5. The predicted octanol–water partition coefficient (Wildman–Crippen LogP) is 3.49. The zero-order valence-electron chi connectivity index (χ0n) is 13.7. The van der Waals surface area contributed by atoms with Gasteiger partial charge < -0.3 is 11.2 Å². The molecule has 0 saturated heterocycles. The fraction of sp³-hybridized carbons (Fsp3) is 0.118. The summed E-state index contributed by atoms with van der Waals surface area (Å²) in [7, 11) is 0. The normalized spacial score (nSPS) is 10.7. The van der Waals surface area contributed by atoms with E-state index in [-0.39, 0.29) is 17.5 Å². The largest absolute Gasteiger partial charge is 0.335 e. The highest BCUT2D eigenvalue weighted by molar-refractivity contribution is 7.99. The standard InChI is InChI=1S/C17H15ClFN5OS/c1-10-2-7-13(8-14(10)18)21-15(25)9-26-17-23-22-16(24(17)20)11-3-5-12(19)6-4-11/h2-8H,9,20H2,1H3,(H,21,25). The number of carbonyl (C=O) groups is 1. The minimum atomic E-state index is -0.348. The summed E-state index contributed by atoms with van der Waals surface area (Å²) in [6, 6.07) is 11.1. The Balaban J connectivity index is 1.63. The molecule has 2 aromatic carbocycles. The van der Waals surface area contributed by atoms with Crippen molar-refractivity contribution in [1.29, 1.82) is 0 Å². The van der Waals surface area contributed by atoms with Gasteiger partial charge in [0, 0.05) is 16.3 Å². The van der Waals surface area contributed by atoms with E-state index in [0.717, 1.165) is 17.3 Å². The van der Waals surface area contributed by atoms with Crippen LogP contribution in [0.15, 0.2) is 47.6 Å². The lowest BCUT2D eigenvalue weighted by Gasteiger charge is -2.07. The number of thioether (sulfide) groups is 1. The number of halogens is 2. The molecule has 0 unspecified atom stereocenters. The van der Waals surface area contributed by atoms with Gasteiger partial charge in [0.25, 0.3) is 0 Å². The van der Waals surface area contributed by atoms with E-state index >= 15 is 0 Å². The molecule has 0 aliphatic rings. The Labute approximate surface area is 158 Å². The first-order valence-corrected chi connectivity index (χ1v) is 8.95. The monoisotopic (exact) mass is 391 g/mol. The summed E-state index contributed by atoms with van der Waals surface area (Å²) in [4.78, 5) is 12.1. The molecule has 134 valence electrons. The second kappa shape index (κ2) is 7.76. The molecule has 0 fully saturated rings. The molecule has 3 aromatic rings. The van der Waals surface area contributed by atoms with Crippen LogP contribution in [0, 0.1) is 12.7 Å². The number of aryl methyl sites for hydroxylation is 1. The lowest BCUT2D eigenvalue weighted by atomic mass is 10.2. The van der Waals surface area contributed by atoms with Crippen molar-refractivity contribution < 1.29 is 9.18 Å². The van der Waals surface area contributed by atoms with Crippen LogP contribution in [0.5, 0.6) is 0 Å². The maximum atomic E-state index is 13.0. The van der Waals surface area contributed by atoms with Gasteiger partial charge in [-0.15, -0.1) is 10.2 Å². The maximum Gasteiger partial charge on any atom is 0.234 e. The summed E-state index contributed by atoms with van der Waals surface area (Å²) in [5.74, 6) is 5.90. The molecule has 0 radical (unpaired) electrons. The Kier molecular flexibility index (Phi) is 5.43. The third-order valence-electron chi connectivity index (χ3n) is 3.55. The first-order chi connectivity index (χ1) is 12.4. The first kappa shape index (κ1) is 18.2. The SMILES string of the molecule is Cc1ccc(NC(=O)CSc2nnc(-c3ccc(F)cc3)n2N)cc1Cl. The Morgan fingerprint density at radius 1 is 1.27 bits per heavy atom. The van der Waals surface area contributed by atoms with Gasteiger partial charge in [0.05, 0.1) is 5.75 Å². The van der Waals surface area contributed by atoms with Crippen molar-refractivity contribution in [2.75, 3.05) is 16.9 Å². The smallest absolute Gasteiger partial charge is 0.234 e. The molecule has 9 heteroatoms. The second-order valence-corrected chi connectivity index (χ2v) is 6.83.